The molecule has 0 fully saturated rings. The minimum Gasteiger partial charge on any atom is -0.465 e. The zero-order chi connectivity index (χ0) is 15.2. The number of ether oxygens (including phenoxy) is 1. The molecule has 1 aromatic carbocycles. The summed E-state index contributed by atoms with van der Waals surface area (Å²) >= 11 is 0. The van der Waals surface area contributed by atoms with E-state index in [-0.39, 0.29) is 12.4 Å². The van der Waals surface area contributed by atoms with Crippen molar-refractivity contribution in [3.63, 3.8) is 0 Å². The molecule has 0 heterocycles. The molecule has 0 aromatic heterocycles. The van der Waals surface area contributed by atoms with Crippen LogP contribution in [0.1, 0.15) is 31.4 Å². The summed E-state index contributed by atoms with van der Waals surface area (Å²) in [5.74, 6) is -1.02. The Morgan fingerprint density at radius 3 is 2.75 bits per heavy atom. The maximum Gasteiger partial charge on any atom is 0.324 e. The third kappa shape index (κ3) is 4.35. The van der Waals surface area contributed by atoms with E-state index in [1.54, 1.807) is 18.2 Å². The van der Waals surface area contributed by atoms with E-state index in [0.29, 0.717) is 17.5 Å². The molecule has 0 amide bonds. The molecule has 0 aliphatic rings. The van der Waals surface area contributed by atoms with Crippen LogP contribution < -0.4 is 0 Å². The molecule has 1 aromatic rings. The largest absolute Gasteiger partial charge is 0.465 e. The normalized spacial score (nSPS) is 12.4. The van der Waals surface area contributed by atoms with E-state index in [4.69, 9.17) is 10.00 Å². The van der Waals surface area contributed by atoms with Crippen molar-refractivity contribution < 1.29 is 17.9 Å². The first kappa shape index (κ1) is 16.2. The van der Waals surface area contributed by atoms with Gasteiger partial charge in [-0.25, -0.2) is 8.42 Å². The highest BCUT2D eigenvalue weighted by Crippen LogP contribution is 2.14. The standard InChI is InChI=1S/C14H17NO4S/c1-3-7-19-14(16)11(2)20(17,18)10-13-6-4-5-12(8-13)9-15/h4-6,8,11H,3,7,10H2,1-2H3. The fourth-order valence-electron chi connectivity index (χ4n) is 1.55. The molecule has 0 aliphatic heterocycles. The molecule has 0 saturated heterocycles. The van der Waals surface area contributed by atoms with Crippen LogP contribution >= 0.6 is 0 Å². The first-order valence-corrected chi connectivity index (χ1v) is 7.99. The van der Waals surface area contributed by atoms with Crippen molar-refractivity contribution in [2.24, 2.45) is 0 Å². The maximum absolute atomic E-state index is 12.1. The number of esters is 1. The van der Waals surface area contributed by atoms with Crippen LogP contribution in [0.2, 0.25) is 0 Å². The lowest BCUT2D eigenvalue weighted by Crippen LogP contribution is -2.30. The highest BCUT2D eigenvalue weighted by molar-refractivity contribution is 7.92. The average Bonchev–Trinajstić information content (AvgIpc) is 2.43. The van der Waals surface area contributed by atoms with Crippen LogP contribution in [0.25, 0.3) is 0 Å². The van der Waals surface area contributed by atoms with E-state index in [2.05, 4.69) is 0 Å². The monoisotopic (exact) mass is 295 g/mol. The molecule has 108 valence electrons. The molecule has 20 heavy (non-hydrogen) atoms. The highest BCUT2D eigenvalue weighted by Gasteiger charge is 2.29. The van der Waals surface area contributed by atoms with E-state index in [0.717, 1.165) is 0 Å². The molecule has 0 radical (unpaired) electrons. The van der Waals surface area contributed by atoms with Crippen molar-refractivity contribution in [2.75, 3.05) is 6.61 Å². The van der Waals surface area contributed by atoms with E-state index >= 15 is 0 Å². The van der Waals surface area contributed by atoms with Crippen LogP contribution in [-0.2, 0) is 25.1 Å². The number of hydrogen-bond donors (Lipinski definition) is 0. The quantitative estimate of drug-likeness (QED) is 0.747. The predicted octanol–water partition coefficient (Wildman–Crippen LogP) is 1.81. The Balaban J connectivity index is 2.83. The van der Waals surface area contributed by atoms with Gasteiger partial charge in [0.2, 0.25) is 0 Å². The minimum absolute atomic E-state index is 0.211. The van der Waals surface area contributed by atoms with E-state index in [1.165, 1.54) is 13.0 Å². The molecule has 0 aliphatic carbocycles. The fourth-order valence-corrected chi connectivity index (χ4v) is 2.81. The lowest BCUT2D eigenvalue weighted by atomic mass is 10.2. The second kappa shape index (κ2) is 7.06. The minimum atomic E-state index is -3.65. The van der Waals surface area contributed by atoms with Crippen molar-refractivity contribution in [1.82, 2.24) is 0 Å². The summed E-state index contributed by atoms with van der Waals surface area (Å²) in [6.07, 6.45) is 0.642. The molecule has 0 saturated carbocycles. The van der Waals surface area contributed by atoms with E-state index in [9.17, 15) is 13.2 Å². The average molecular weight is 295 g/mol. The van der Waals surface area contributed by atoms with Crippen LogP contribution in [-0.4, -0.2) is 26.2 Å². The summed E-state index contributed by atoms with van der Waals surface area (Å²) in [6.45, 7) is 3.36. The number of sulfone groups is 1. The van der Waals surface area contributed by atoms with Gasteiger partial charge in [-0.1, -0.05) is 19.1 Å². The Labute approximate surface area is 119 Å². The Morgan fingerprint density at radius 2 is 2.15 bits per heavy atom. The van der Waals surface area contributed by atoms with Crippen molar-refractivity contribution in [2.45, 2.75) is 31.3 Å². The molecule has 0 spiro atoms. The zero-order valence-corrected chi connectivity index (χ0v) is 12.3. The number of nitrogens with zero attached hydrogens (tertiary/aromatic N) is 1. The fraction of sp³-hybridized carbons (Fsp3) is 0.429. The van der Waals surface area contributed by atoms with Gasteiger partial charge in [-0.05, 0) is 31.0 Å². The zero-order valence-electron chi connectivity index (χ0n) is 11.5. The van der Waals surface area contributed by atoms with Gasteiger partial charge in [0.1, 0.15) is 0 Å². The van der Waals surface area contributed by atoms with Crippen LogP contribution in [0.4, 0.5) is 0 Å². The van der Waals surface area contributed by atoms with Gasteiger partial charge < -0.3 is 4.74 Å². The first-order chi connectivity index (χ1) is 9.40. The second-order valence-corrected chi connectivity index (χ2v) is 6.75. The molecule has 0 bridgehead atoms. The molecule has 0 N–H and O–H groups in total. The molecule has 1 atom stereocenters. The summed E-state index contributed by atoms with van der Waals surface area (Å²) in [5.41, 5.74) is 0.873. The smallest absolute Gasteiger partial charge is 0.324 e. The Bertz CT molecular complexity index is 616. The molecular weight excluding hydrogens is 278 g/mol. The highest BCUT2D eigenvalue weighted by atomic mass is 32.2. The number of carbonyl (C=O) groups excluding carboxylic acids is 1. The number of nitriles is 1. The van der Waals surface area contributed by atoms with Gasteiger partial charge in [0.15, 0.2) is 15.1 Å². The molecular formula is C14H17NO4S. The Kier molecular flexibility index (Phi) is 5.71. The first-order valence-electron chi connectivity index (χ1n) is 6.28. The van der Waals surface area contributed by atoms with E-state index in [1.807, 2.05) is 13.0 Å². The molecule has 1 unspecified atom stereocenters. The summed E-state index contributed by atoms with van der Waals surface area (Å²) < 4.78 is 29.1. The van der Waals surface area contributed by atoms with Crippen molar-refractivity contribution >= 4 is 15.8 Å². The van der Waals surface area contributed by atoms with Crippen LogP contribution in [0.5, 0.6) is 0 Å². The van der Waals surface area contributed by atoms with Gasteiger partial charge >= 0.3 is 5.97 Å². The number of rotatable bonds is 6. The SMILES string of the molecule is CCCOC(=O)C(C)S(=O)(=O)Cc1cccc(C#N)c1. The lowest BCUT2D eigenvalue weighted by Gasteiger charge is -2.12. The summed E-state index contributed by atoms with van der Waals surface area (Å²) in [5, 5.41) is 7.57. The lowest BCUT2D eigenvalue weighted by molar-refractivity contribution is -0.142. The number of hydrogen-bond acceptors (Lipinski definition) is 5. The summed E-state index contributed by atoms with van der Waals surface area (Å²) in [6, 6.07) is 8.27. The van der Waals surface area contributed by atoms with Crippen molar-refractivity contribution in [1.29, 1.82) is 5.26 Å². The van der Waals surface area contributed by atoms with Crippen molar-refractivity contribution in [3.05, 3.63) is 35.4 Å². The second-order valence-electron chi connectivity index (χ2n) is 4.43. The van der Waals surface area contributed by atoms with Crippen LogP contribution in [0, 0.1) is 11.3 Å². The third-order valence-electron chi connectivity index (χ3n) is 2.74. The van der Waals surface area contributed by atoms with Crippen molar-refractivity contribution in [3.8, 4) is 6.07 Å². The number of benzene rings is 1. The van der Waals surface area contributed by atoms with Gasteiger partial charge in [-0.3, -0.25) is 4.79 Å². The third-order valence-corrected chi connectivity index (χ3v) is 4.75. The summed E-state index contributed by atoms with van der Waals surface area (Å²) in [4.78, 5) is 11.6. The van der Waals surface area contributed by atoms with Gasteiger partial charge in [0.05, 0.1) is 24.0 Å². The van der Waals surface area contributed by atoms with Gasteiger partial charge in [-0.15, -0.1) is 0 Å². The summed E-state index contributed by atoms with van der Waals surface area (Å²) in [7, 11) is -3.65. The topological polar surface area (TPSA) is 84.2 Å². The molecule has 6 heteroatoms. The maximum atomic E-state index is 12.1. The molecule has 5 nitrogen and oxygen atoms in total. The number of carbonyl (C=O) groups is 1. The Morgan fingerprint density at radius 1 is 1.45 bits per heavy atom. The van der Waals surface area contributed by atoms with Gasteiger partial charge in [-0.2, -0.15) is 5.26 Å². The Hall–Kier alpha value is -1.87. The van der Waals surface area contributed by atoms with Gasteiger partial charge in [0.25, 0.3) is 0 Å². The van der Waals surface area contributed by atoms with E-state index < -0.39 is 21.1 Å². The predicted molar refractivity (Wildman–Crippen MR) is 74.5 cm³/mol. The van der Waals surface area contributed by atoms with Gasteiger partial charge in [0, 0.05) is 0 Å². The van der Waals surface area contributed by atoms with Crippen LogP contribution in [0.15, 0.2) is 24.3 Å². The van der Waals surface area contributed by atoms with Crippen LogP contribution in [0.3, 0.4) is 0 Å². The molecule has 1 rings (SSSR count).